The van der Waals surface area contributed by atoms with Crippen molar-refractivity contribution in [1.82, 2.24) is 29.9 Å². The van der Waals surface area contributed by atoms with E-state index < -0.39 is 0 Å². The van der Waals surface area contributed by atoms with Crippen LogP contribution in [0.1, 0.15) is 41.6 Å². The predicted octanol–water partition coefficient (Wildman–Crippen LogP) is 3.28. The molecule has 0 radical (unpaired) electrons. The fourth-order valence-electron chi connectivity index (χ4n) is 4.35. The molecule has 0 unspecified atom stereocenters. The van der Waals surface area contributed by atoms with Gasteiger partial charge in [-0.15, -0.1) is 5.10 Å². The average molecular weight is 474 g/mol. The van der Waals surface area contributed by atoms with E-state index in [1.54, 1.807) is 29.2 Å². The van der Waals surface area contributed by atoms with Crippen molar-refractivity contribution < 1.29 is 14.3 Å². The zero-order valence-corrected chi connectivity index (χ0v) is 19.5. The second-order valence-electron chi connectivity index (χ2n) is 8.58. The first-order valence-electron chi connectivity index (χ1n) is 11.6. The molecule has 1 aliphatic carbocycles. The quantitative estimate of drug-likeness (QED) is 0.399. The number of nitrogens with two attached hydrogens (primary N) is 1. The largest absolute Gasteiger partial charge is 0.480 e. The average Bonchev–Trinajstić information content (AvgIpc) is 3.54. The monoisotopic (exact) mass is 473 g/mol. The normalized spacial score (nSPS) is 13.7. The highest BCUT2D eigenvalue weighted by molar-refractivity contribution is 5.97. The van der Waals surface area contributed by atoms with Crippen LogP contribution < -0.4 is 20.5 Å². The number of hydrogen-bond donors (Lipinski definition) is 2. The summed E-state index contributed by atoms with van der Waals surface area (Å²) >= 11 is 0. The van der Waals surface area contributed by atoms with E-state index in [0.717, 1.165) is 16.7 Å². The van der Waals surface area contributed by atoms with Crippen LogP contribution in [-0.2, 0) is 6.54 Å². The molecule has 5 rings (SSSR count). The van der Waals surface area contributed by atoms with Gasteiger partial charge in [-0.25, -0.2) is 14.5 Å². The molecule has 10 heteroatoms. The molecule has 35 heavy (non-hydrogen) atoms. The van der Waals surface area contributed by atoms with Gasteiger partial charge in [-0.1, -0.05) is 18.9 Å². The Bertz CT molecular complexity index is 1350. The zero-order valence-electron chi connectivity index (χ0n) is 19.5. The summed E-state index contributed by atoms with van der Waals surface area (Å²) < 4.78 is 12.9. The number of nitrogens with one attached hydrogen (secondary N) is 1. The second kappa shape index (κ2) is 9.96. The SMILES string of the molecule is COc1ncc(-c2ccn3nc(N)nc3c2)cc1C(=O)NCc1cccnc1OCC1CCCC1. The van der Waals surface area contributed by atoms with Crippen LogP contribution in [0.5, 0.6) is 11.8 Å². The van der Waals surface area contributed by atoms with Crippen LogP contribution in [0.2, 0.25) is 0 Å². The van der Waals surface area contributed by atoms with Crippen molar-refractivity contribution in [3.05, 3.63) is 60.0 Å². The lowest BCUT2D eigenvalue weighted by Gasteiger charge is -2.14. The van der Waals surface area contributed by atoms with Crippen molar-refractivity contribution in [1.29, 1.82) is 0 Å². The highest BCUT2D eigenvalue weighted by Crippen LogP contribution is 2.27. The second-order valence-corrected chi connectivity index (χ2v) is 8.58. The smallest absolute Gasteiger partial charge is 0.257 e. The van der Waals surface area contributed by atoms with Gasteiger partial charge in [-0.2, -0.15) is 4.98 Å². The number of amides is 1. The summed E-state index contributed by atoms with van der Waals surface area (Å²) in [5.74, 6) is 1.25. The third kappa shape index (κ3) is 5.01. The summed E-state index contributed by atoms with van der Waals surface area (Å²) in [5.41, 5.74) is 8.99. The number of carbonyl (C=O) groups excluding carboxylic acids is 1. The van der Waals surface area contributed by atoms with Crippen LogP contribution in [0.25, 0.3) is 16.8 Å². The van der Waals surface area contributed by atoms with Gasteiger partial charge in [0.1, 0.15) is 5.56 Å². The molecule has 4 aromatic rings. The lowest BCUT2D eigenvalue weighted by Crippen LogP contribution is -2.24. The maximum atomic E-state index is 13.1. The molecule has 3 N–H and O–H groups in total. The summed E-state index contributed by atoms with van der Waals surface area (Å²) in [4.78, 5) is 26.0. The van der Waals surface area contributed by atoms with Crippen molar-refractivity contribution >= 4 is 17.5 Å². The molecule has 0 spiro atoms. The Kier molecular flexibility index (Phi) is 6.42. The van der Waals surface area contributed by atoms with Crippen molar-refractivity contribution in [2.45, 2.75) is 32.2 Å². The first kappa shape index (κ1) is 22.6. The Labute approximate surface area is 202 Å². The van der Waals surface area contributed by atoms with E-state index in [1.807, 2.05) is 24.3 Å². The van der Waals surface area contributed by atoms with Gasteiger partial charge < -0.3 is 20.5 Å². The number of fused-ring (bicyclic) bond motifs is 1. The molecule has 1 fully saturated rings. The summed E-state index contributed by atoms with van der Waals surface area (Å²) in [5, 5.41) is 7.03. The van der Waals surface area contributed by atoms with Gasteiger partial charge in [0.25, 0.3) is 5.91 Å². The van der Waals surface area contributed by atoms with E-state index in [1.165, 1.54) is 32.8 Å². The number of rotatable bonds is 8. The topological polar surface area (TPSA) is 130 Å². The molecule has 0 aliphatic heterocycles. The fourth-order valence-corrected chi connectivity index (χ4v) is 4.35. The maximum Gasteiger partial charge on any atom is 0.257 e. The minimum absolute atomic E-state index is 0.192. The standard InChI is InChI=1S/C25H27N7O3/c1-34-24-20(11-19(14-29-24)17-8-10-32-21(12-17)30-25(26)31-32)22(33)28-13-18-7-4-9-27-23(18)35-15-16-5-2-3-6-16/h4,7-12,14,16H,2-3,5-6,13,15H2,1H3,(H2,26,31)(H,28,33). The molecule has 1 saturated carbocycles. The maximum absolute atomic E-state index is 13.1. The van der Waals surface area contributed by atoms with Crippen LogP contribution in [0.4, 0.5) is 5.95 Å². The number of nitrogen functional groups attached to an aromatic ring is 1. The molecular weight excluding hydrogens is 446 g/mol. The molecule has 4 heterocycles. The summed E-state index contributed by atoms with van der Waals surface area (Å²) in [6.45, 7) is 0.921. The van der Waals surface area contributed by atoms with Crippen molar-refractivity contribution in [3.63, 3.8) is 0 Å². The first-order chi connectivity index (χ1) is 17.1. The lowest BCUT2D eigenvalue weighted by molar-refractivity contribution is 0.0946. The highest BCUT2D eigenvalue weighted by atomic mass is 16.5. The zero-order chi connectivity index (χ0) is 24.2. The number of pyridine rings is 3. The van der Waals surface area contributed by atoms with Gasteiger partial charge in [-0.05, 0) is 48.6 Å². The third-order valence-electron chi connectivity index (χ3n) is 6.20. The van der Waals surface area contributed by atoms with Crippen molar-refractivity contribution in [2.75, 3.05) is 19.5 Å². The first-order valence-corrected chi connectivity index (χ1v) is 11.6. The van der Waals surface area contributed by atoms with Crippen LogP contribution in [0.15, 0.2) is 48.9 Å². The number of nitrogens with zero attached hydrogens (tertiary/aromatic N) is 5. The Balaban J connectivity index is 1.33. The van der Waals surface area contributed by atoms with Gasteiger partial charge >= 0.3 is 0 Å². The van der Waals surface area contributed by atoms with Crippen LogP contribution in [0.3, 0.4) is 0 Å². The van der Waals surface area contributed by atoms with Gasteiger partial charge in [0.15, 0.2) is 5.65 Å². The van der Waals surface area contributed by atoms with Crippen LogP contribution in [-0.4, -0.2) is 44.2 Å². The number of aromatic nitrogens is 5. The number of ether oxygens (including phenoxy) is 2. The number of methoxy groups -OCH3 is 1. The van der Waals surface area contributed by atoms with E-state index in [0.29, 0.717) is 29.6 Å². The Morgan fingerprint density at radius 3 is 2.86 bits per heavy atom. The molecule has 10 nitrogen and oxygen atoms in total. The van der Waals surface area contributed by atoms with Crippen LogP contribution in [0, 0.1) is 5.92 Å². The van der Waals surface area contributed by atoms with Crippen molar-refractivity contribution in [2.24, 2.45) is 5.92 Å². The van der Waals surface area contributed by atoms with Gasteiger partial charge in [-0.3, -0.25) is 4.79 Å². The minimum Gasteiger partial charge on any atom is -0.480 e. The van der Waals surface area contributed by atoms with E-state index >= 15 is 0 Å². The summed E-state index contributed by atoms with van der Waals surface area (Å²) in [6.07, 6.45) is 10.0. The van der Waals surface area contributed by atoms with E-state index in [9.17, 15) is 4.79 Å². The molecule has 1 amide bonds. The minimum atomic E-state index is -0.311. The third-order valence-corrected chi connectivity index (χ3v) is 6.20. The Hall–Kier alpha value is -4.21. The highest BCUT2D eigenvalue weighted by Gasteiger charge is 2.19. The summed E-state index contributed by atoms with van der Waals surface area (Å²) in [7, 11) is 1.49. The number of carbonyl (C=O) groups is 1. The Morgan fingerprint density at radius 1 is 1.17 bits per heavy atom. The van der Waals surface area contributed by atoms with E-state index in [2.05, 4.69) is 25.4 Å². The van der Waals surface area contributed by atoms with Gasteiger partial charge in [0, 0.05) is 36.3 Å². The van der Waals surface area contributed by atoms with Crippen LogP contribution >= 0.6 is 0 Å². The summed E-state index contributed by atoms with van der Waals surface area (Å²) in [6, 6.07) is 9.17. The Morgan fingerprint density at radius 2 is 2.03 bits per heavy atom. The number of anilines is 1. The number of hydrogen-bond acceptors (Lipinski definition) is 8. The molecule has 4 aromatic heterocycles. The predicted molar refractivity (Wildman–Crippen MR) is 130 cm³/mol. The van der Waals surface area contributed by atoms with E-state index in [4.69, 9.17) is 15.2 Å². The van der Waals surface area contributed by atoms with Gasteiger partial charge in [0.05, 0.1) is 13.7 Å². The molecule has 0 atom stereocenters. The lowest BCUT2D eigenvalue weighted by atomic mass is 10.1. The molecule has 0 aromatic carbocycles. The molecule has 1 aliphatic rings. The molecule has 0 bridgehead atoms. The van der Waals surface area contributed by atoms with Crippen molar-refractivity contribution in [3.8, 4) is 22.9 Å². The molecule has 0 saturated heterocycles. The molecular formula is C25H27N7O3. The molecule has 180 valence electrons. The fraction of sp³-hybridized carbons (Fsp3) is 0.320. The van der Waals surface area contributed by atoms with Gasteiger partial charge in [0.2, 0.25) is 17.7 Å². The van der Waals surface area contributed by atoms with E-state index in [-0.39, 0.29) is 24.3 Å².